The molecule has 1 atom stereocenters. The molecule has 1 spiro atoms. The van der Waals surface area contributed by atoms with Gasteiger partial charge in [-0.05, 0) is 90.0 Å². The molecule has 3 saturated heterocycles. The predicted octanol–water partition coefficient (Wildman–Crippen LogP) is 2.99. The van der Waals surface area contributed by atoms with E-state index in [4.69, 9.17) is 0 Å². The molecule has 0 aromatic carbocycles. The van der Waals surface area contributed by atoms with Gasteiger partial charge in [0.2, 0.25) is 0 Å². The molecule has 156 valence electrons. The zero-order chi connectivity index (χ0) is 18.9. The maximum absolute atomic E-state index is 2.83. The third-order valence-corrected chi connectivity index (χ3v) is 8.65. The zero-order valence-electron chi connectivity index (χ0n) is 18.4. The first-order valence-electron chi connectivity index (χ1n) is 11.9. The van der Waals surface area contributed by atoms with E-state index in [1.165, 1.54) is 110 Å². The minimum Gasteiger partial charge on any atom is -0.304 e. The molecule has 4 nitrogen and oxygen atoms in total. The van der Waals surface area contributed by atoms with Crippen LogP contribution in [0.2, 0.25) is 0 Å². The predicted molar refractivity (Wildman–Crippen MR) is 114 cm³/mol. The largest absolute Gasteiger partial charge is 0.304 e. The van der Waals surface area contributed by atoms with Gasteiger partial charge in [-0.1, -0.05) is 13.3 Å². The van der Waals surface area contributed by atoms with Crippen molar-refractivity contribution in [3.05, 3.63) is 0 Å². The molecular formula is C23H44N4. The lowest BCUT2D eigenvalue weighted by atomic mass is 9.57. The first-order valence-corrected chi connectivity index (χ1v) is 11.9. The molecular weight excluding hydrogens is 332 g/mol. The van der Waals surface area contributed by atoms with Crippen LogP contribution in [0.15, 0.2) is 0 Å². The van der Waals surface area contributed by atoms with Crippen LogP contribution in [-0.4, -0.2) is 98.1 Å². The van der Waals surface area contributed by atoms with Gasteiger partial charge in [0.15, 0.2) is 0 Å². The number of piperazine rings is 1. The summed E-state index contributed by atoms with van der Waals surface area (Å²) < 4.78 is 0. The molecule has 0 amide bonds. The number of likely N-dealkylation sites (tertiary alicyclic amines) is 2. The second-order valence-electron chi connectivity index (χ2n) is 10.7. The summed E-state index contributed by atoms with van der Waals surface area (Å²) in [5.41, 5.74) is 1.22. The van der Waals surface area contributed by atoms with Gasteiger partial charge in [0, 0.05) is 44.8 Å². The van der Waals surface area contributed by atoms with Gasteiger partial charge in [-0.15, -0.1) is 0 Å². The Kier molecular flexibility index (Phi) is 6.18. The van der Waals surface area contributed by atoms with Crippen molar-refractivity contribution in [1.82, 2.24) is 19.6 Å². The van der Waals surface area contributed by atoms with E-state index in [1.807, 2.05) is 0 Å². The van der Waals surface area contributed by atoms with Gasteiger partial charge >= 0.3 is 0 Å². The molecule has 3 aliphatic heterocycles. The highest BCUT2D eigenvalue weighted by Gasteiger charge is 2.47. The molecule has 0 radical (unpaired) electrons. The van der Waals surface area contributed by atoms with E-state index < -0.39 is 0 Å². The van der Waals surface area contributed by atoms with Crippen molar-refractivity contribution >= 4 is 0 Å². The van der Waals surface area contributed by atoms with E-state index in [9.17, 15) is 0 Å². The number of hydrogen-bond donors (Lipinski definition) is 0. The molecule has 0 bridgehead atoms. The van der Waals surface area contributed by atoms with Gasteiger partial charge in [-0.25, -0.2) is 0 Å². The second kappa shape index (κ2) is 8.30. The monoisotopic (exact) mass is 376 g/mol. The van der Waals surface area contributed by atoms with Gasteiger partial charge in [0.1, 0.15) is 0 Å². The molecule has 0 aromatic rings. The van der Waals surface area contributed by atoms with Crippen LogP contribution in [0.3, 0.4) is 0 Å². The average molecular weight is 377 g/mol. The van der Waals surface area contributed by atoms with Crippen molar-refractivity contribution in [2.45, 2.75) is 63.8 Å². The summed E-state index contributed by atoms with van der Waals surface area (Å²) in [5, 5.41) is 0. The number of hydrogen-bond acceptors (Lipinski definition) is 4. The van der Waals surface area contributed by atoms with Crippen LogP contribution in [0.5, 0.6) is 0 Å². The molecule has 0 aromatic heterocycles. The van der Waals surface area contributed by atoms with E-state index in [0.717, 1.165) is 11.3 Å². The molecule has 0 N–H and O–H groups in total. The Morgan fingerprint density at radius 1 is 0.815 bits per heavy atom. The van der Waals surface area contributed by atoms with Crippen molar-refractivity contribution in [3.8, 4) is 0 Å². The van der Waals surface area contributed by atoms with E-state index >= 15 is 0 Å². The third-order valence-electron chi connectivity index (χ3n) is 8.65. The topological polar surface area (TPSA) is 13.0 Å². The molecule has 4 rings (SSSR count). The third kappa shape index (κ3) is 4.39. The van der Waals surface area contributed by atoms with Crippen molar-refractivity contribution in [1.29, 1.82) is 0 Å². The number of piperidine rings is 1. The number of nitrogens with zero attached hydrogens (tertiary/aromatic N) is 4. The summed E-state index contributed by atoms with van der Waals surface area (Å²) >= 11 is 0. The summed E-state index contributed by atoms with van der Waals surface area (Å²) in [6.07, 6.45) is 11.5. The Balaban J connectivity index is 1.21. The Morgan fingerprint density at radius 3 is 2.11 bits per heavy atom. The van der Waals surface area contributed by atoms with Gasteiger partial charge in [-0.2, -0.15) is 0 Å². The van der Waals surface area contributed by atoms with Crippen LogP contribution in [0.1, 0.15) is 58.3 Å². The Hall–Kier alpha value is -0.160. The minimum absolute atomic E-state index is 0.489. The Bertz CT molecular complexity index is 471. The summed E-state index contributed by atoms with van der Waals surface area (Å²) in [6.45, 7) is 14.2. The fourth-order valence-electron chi connectivity index (χ4n) is 6.83. The normalized spacial score (nSPS) is 34.3. The average Bonchev–Trinajstić information content (AvgIpc) is 2.98. The summed E-state index contributed by atoms with van der Waals surface area (Å²) in [7, 11) is 4.64. The van der Waals surface area contributed by atoms with Crippen LogP contribution in [0.25, 0.3) is 0 Å². The van der Waals surface area contributed by atoms with Crippen molar-refractivity contribution in [3.63, 3.8) is 0 Å². The zero-order valence-corrected chi connectivity index (χ0v) is 18.4. The number of likely N-dealkylation sites (N-methyl/N-ethyl adjacent to an activating group) is 2. The first-order chi connectivity index (χ1) is 13.0. The highest BCUT2D eigenvalue weighted by atomic mass is 15.3. The van der Waals surface area contributed by atoms with Crippen LogP contribution in [0, 0.1) is 11.3 Å². The Labute approximate surface area is 168 Å². The van der Waals surface area contributed by atoms with Crippen LogP contribution >= 0.6 is 0 Å². The second-order valence-corrected chi connectivity index (χ2v) is 10.7. The van der Waals surface area contributed by atoms with Gasteiger partial charge in [-0.3, -0.25) is 4.90 Å². The highest BCUT2D eigenvalue weighted by molar-refractivity contribution is 5.01. The smallest absolute Gasteiger partial charge is 0.0333 e. The minimum atomic E-state index is 0.489. The number of rotatable bonds is 6. The maximum Gasteiger partial charge on any atom is 0.0333 e. The fraction of sp³-hybridized carbons (Fsp3) is 1.00. The Morgan fingerprint density at radius 2 is 1.52 bits per heavy atom. The summed E-state index contributed by atoms with van der Waals surface area (Å²) in [4.78, 5) is 10.7. The standard InChI is InChI=1S/C23H44N4/c1-4-6-23(7-5-10-25(23)3)20-27-11-8-22(9-12-27)17-21(18-22)19-26-15-13-24(2)14-16-26/h21H,4-20H2,1-3H3. The van der Waals surface area contributed by atoms with E-state index in [2.05, 4.69) is 40.6 Å². The van der Waals surface area contributed by atoms with E-state index in [0.29, 0.717) is 5.54 Å². The van der Waals surface area contributed by atoms with Crippen molar-refractivity contribution in [2.75, 3.05) is 73.0 Å². The molecule has 3 heterocycles. The summed E-state index contributed by atoms with van der Waals surface area (Å²) in [6, 6.07) is 0. The van der Waals surface area contributed by atoms with Crippen LogP contribution in [0.4, 0.5) is 0 Å². The molecule has 27 heavy (non-hydrogen) atoms. The maximum atomic E-state index is 2.83. The quantitative estimate of drug-likeness (QED) is 0.706. The van der Waals surface area contributed by atoms with Crippen molar-refractivity contribution in [2.24, 2.45) is 11.3 Å². The molecule has 1 aliphatic carbocycles. The van der Waals surface area contributed by atoms with Crippen LogP contribution in [-0.2, 0) is 0 Å². The van der Waals surface area contributed by atoms with Gasteiger partial charge in [0.05, 0.1) is 0 Å². The van der Waals surface area contributed by atoms with Crippen LogP contribution < -0.4 is 0 Å². The molecule has 1 saturated carbocycles. The van der Waals surface area contributed by atoms with Gasteiger partial charge < -0.3 is 14.7 Å². The highest BCUT2D eigenvalue weighted by Crippen LogP contribution is 2.53. The fourth-order valence-corrected chi connectivity index (χ4v) is 6.83. The lowest BCUT2D eigenvalue weighted by Gasteiger charge is -2.54. The van der Waals surface area contributed by atoms with E-state index in [1.54, 1.807) is 0 Å². The molecule has 1 unspecified atom stereocenters. The SMILES string of the molecule is CCCC1(CN2CCC3(CC2)CC(CN2CCN(C)CC2)C3)CCCN1C. The molecule has 4 heteroatoms. The lowest BCUT2D eigenvalue weighted by Crippen LogP contribution is -2.55. The van der Waals surface area contributed by atoms with Gasteiger partial charge in [0.25, 0.3) is 0 Å². The molecule has 4 fully saturated rings. The lowest BCUT2D eigenvalue weighted by molar-refractivity contribution is -0.0393. The van der Waals surface area contributed by atoms with Crippen molar-refractivity contribution < 1.29 is 0 Å². The summed E-state index contributed by atoms with van der Waals surface area (Å²) in [5.74, 6) is 0.993. The van der Waals surface area contributed by atoms with E-state index in [-0.39, 0.29) is 0 Å². The first kappa shape index (κ1) is 20.1. The molecule has 4 aliphatic rings.